The number of nitrogens with zero attached hydrogens (tertiary/aromatic N) is 1. The Morgan fingerprint density at radius 1 is 1.00 bits per heavy atom. The molecule has 10 heteroatoms. The lowest BCUT2D eigenvalue weighted by Crippen LogP contribution is -2.69. The van der Waals surface area contributed by atoms with E-state index in [1.165, 1.54) is 24.3 Å². The minimum Gasteiger partial charge on any atom is -0.449 e. The van der Waals surface area contributed by atoms with Crippen LogP contribution >= 0.6 is 0 Å². The van der Waals surface area contributed by atoms with Gasteiger partial charge in [-0.25, -0.2) is 4.79 Å². The molecule has 9 nitrogen and oxygen atoms in total. The number of aliphatic hydroxyl groups excluding tert-OH is 1. The summed E-state index contributed by atoms with van der Waals surface area (Å²) in [6.45, 7) is 8.46. The number of nitro groups is 1. The standard InChI is InChI=1S/C34H37NO8Si/c1-5-40-31-23-22-30(43-44(34(2,3)4,27-13-8-6-9-14-27)28-15-10-7-11-16-28)32(42-31)29(36)17-12-24-41-33(37)25-18-20-26(21-19-25)35(38)39/h6-11,13-16,18-23,29-32,36H,5,24H2,1-4H3/t29-,30-,31-,32+/m0/s1. The Hall–Kier alpha value is -4.11. The van der Waals surface area contributed by atoms with Gasteiger partial charge < -0.3 is 23.7 Å². The number of carbonyl (C=O) groups excluding carboxylic acids is 1. The third-order valence-electron chi connectivity index (χ3n) is 7.28. The molecule has 0 spiro atoms. The summed E-state index contributed by atoms with van der Waals surface area (Å²) in [7, 11) is -3.01. The molecule has 1 aliphatic rings. The highest BCUT2D eigenvalue weighted by Crippen LogP contribution is 2.39. The van der Waals surface area contributed by atoms with E-state index in [1.54, 1.807) is 6.08 Å². The lowest BCUT2D eigenvalue weighted by Gasteiger charge is -2.47. The van der Waals surface area contributed by atoms with E-state index < -0.39 is 43.8 Å². The summed E-state index contributed by atoms with van der Waals surface area (Å²) in [5.41, 5.74) is 0.0169. The molecule has 0 bridgehead atoms. The van der Waals surface area contributed by atoms with E-state index in [0.29, 0.717) is 6.61 Å². The van der Waals surface area contributed by atoms with Gasteiger partial charge in [-0.1, -0.05) is 99.4 Å². The number of non-ortho nitro benzene ring substituents is 1. The molecule has 4 atom stereocenters. The lowest BCUT2D eigenvalue weighted by atomic mass is 10.1. The molecule has 1 aliphatic heterocycles. The largest absolute Gasteiger partial charge is 0.449 e. The molecule has 0 radical (unpaired) electrons. The van der Waals surface area contributed by atoms with Crippen LogP contribution in [-0.4, -0.2) is 62.1 Å². The van der Waals surface area contributed by atoms with Crippen molar-refractivity contribution in [3.05, 3.63) is 113 Å². The van der Waals surface area contributed by atoms with Gasteiger partial charge in [-0.3, -0.25) is 10.1 Å². The van der Waals surface area contributed by atoms with Crippen molar-refractivity contribution in [1.82, 2.24) is 0 Å². The molecule has 0 saturated carbocycles. The van der Waals surface area contributed by atoms with Crippen LogP contribution in [-0.2, 0) is 18.6 Å². The van der Waals surface area contributed by atoms with E-state index >= 15 is 0 Å². The van der Waals surface area contributed by atoms with Gasteiger partial charge in [0.15, 0.2) is 12.9 Å². The van der Waals surface area contributed by atoms with Gasteiger partial charge in [0, 0.05) is 18.7 Å². The second-order valence-corrected chi connectivity index (χ2v) is 15.5. The molecule has 0 amide bonds. The Bertz CT molecular complexity index is 1450. The molecular formula is C34H37NO8Si. The fourth-order valence-electron chi connectivity index (χ4n) is 5.23. The number of nitro benzene ring substituents is 1. The molecule has 44 heavy (non-hydrogen) atoms. The summed E-state index contributed by atoms with van der Waals surface area (Å²) in [5.74, 6) is 4.75. The van der Waals surface area contributed by atoms with Crippen molar-refractivity contribution < 1.29 is 33.5 Å². The van der Waals surface area contributed by atoms with Crippen LogP contribution in [0.4, 0.5) is 5.69 Å². The first-order chi connectivity index (χ1) is 21.1. The summed E-state index contributed by atoms with van der Waals surface area (Å²) < 4.78 is 24.3. The Morgan fingerprint density at radius 2 is 1.59 bits per heavy atom. The highest BCUT2D eigenvalue weighted by molar-refractivity contribution is 6.99. The molecule has 1 N–H and O–H groups in total. The van der Waals surface area contributed by atoms with E-state index in [2.05, 4.69) is 56.9 Å². The van der Waals surface area contributed by atoms with E-state index in [-0.39, 0.29) is 22.9 Å². The molecule has 0 aliphatic carbocycles. The van der Waals surface area contributed by atoms with E-state index in [4.69, 9.17) is 18.6 Å². The molecular weight excluding hydrogens is 578 g/mol. The summed E-state index contributed by atoms with van der Waals surface area (Å²) in [6, 6.07) is 25.4. The van der Waals surface area contributed by atoms with Crippen LogP contribution in [0.1, 0.15) is 38.1 Å². The Labute approximate surface area is 258 Å². The maximum Gasteiger partial charge on any atom is 0.339 e. The second-order valence-electron chi connectivity index (χ2n) is 11.2. The summed E-state index contributed by atoms with van der Waals surface area (Å²) in [4.78, 5) is 22.7. The average molecular weight is 616 g/mol. The van der Waals surface area contributed by atoms with Crippen LogP contribution in [0.25, 0.3) is 0 Å². The number of esters is 1. The van der Waals surface area contributed by atoms with Gasteiger partial charge >= 0.3 is 5.97 Å². The van der Waals surface area contributed by atoms with Gasteiger partial charge in [0.25, 0.3) is 14.0 Å². The zero-order valence-corrected chi connectivity index (χ0v) is 26.2. The summed E-state index contributed by atoms with van der Waals surface area (Å²) in [6.07, 6.45) is 0.0766. The van der Waals surface area contributed by atoms with Crippen molar-refractivity contribution in [2.24, 2.45) is 0 Å². The predicted octanol–water partition coefficient (Wildman–Crippen LogP) is 4.38. The van der Waals surface area contributed by atoms with Gasteiger partial charge in [0.05, 0.1) is 16.6 Å². The lowest BCUT2D eigenvalue weighted by molar-refractivity contribution is -0.384. The fourth-order valence-corrected chi connectivity index (χ4v) is 9.87. The first kappa shape index (κ1) is 32.8. The zero-order valence-electron chi connectivity index (χ0n) is 25.2. The normalized spacial score (nSPS) is 19.0. The molecule has 0 aromatic heterocycles. The molecule has 4 rings (SSSR count). The summed E-state index contributed by atoms with van der Waals surface area (Å²) >= 11 is 0. The molecule has 0 saturated heterocycles. The Morgan fingerprint density at radius 3 is 2.11 bits per heavy atom. The van der Waals surface area contributed by atoms with Crippen LogP contribution < -0.4 is 10.4 Å². The van der Waals surface area contributed by atoms with Crippen molar-refractivity contribution >= 4 is 30.3 Å². The van der Waals surface area contributed by atoms with Crippen molar-refractivity contribution in [1.29, 1.82) is 0 Å². The van der Waals surface area contributed by atoms with Gasteiger partial charge in [-0.15, -0.1) is 0 Å². The maximum atomic E-state index is 12.4. The molecule has 230 valence electrons. The molecule has 0 unspecified atom stereocenters. The molecule has 1 heterocycles. The number of rotatable bonds is 10. The fraction of sp³-hybridized carbons (Fsp3) is 0.324. The van der Waals surface area contributed by atoms with Crippen molar-refractivity contribution in [3.63, 3.8) is 0 Å². The van der Waals surface area contributed by atoms with Crippen LogP contribution in [0, 0.1) is 22.0 Å². The van der Waals surface area contributed by atoms with Crippen molar-refractivity contribution in [3.8, 4) is 11.8 Å². The first-order valence-corrected chi connectivity index (χ1v) is 16.3. The monoisotopic (exact) mass is 615 g/mol. The number of carbonyl (C=O) groups is 1. The SMILES string of the molecule is CCO[C@@H]1C=C[C@H](O[Si](c2ccccc2)(c2ccccc2)C(C)(C)C)[C@@H]([C@@H](O)C#CCOC(=O)c2ccc([N+](=O)[O-])cc2)O1. The topological polar surface area (TPSA) is 117 Å². The van der Waals surface area contributed by atoms with Gasteiger partial charge in [-0.05, 0) is 40.5 Å². The van der Waals surface area contributed by atoms with E-state index in [9.17, 15) is 20.0 Å². The summed E-state index contributed by atoms with van der Waals surface area (Å²) in [5, 5.41) is 24.0. The Kier molecular flexibility index (Phi) is 10.9. The highest BCUT2D eigenvalue weighted by atomic mass is 28.4. The third kappa shape index (κ3) is 7.50. The van der Waals surface area contributed by atoms with Gasteiger partial charge in [-0.2, -0.15) is 0 Å². The highest BCUT2D eigenvalue weighted by Gasteiger charge is 2.53. The van der Waals surface area contributed by atoms with Gasteiger partial charge in [0.1, 0.15) is 12.2 Å². The molecule has 3 aromatic rings. The van der Waals surface area contributed by atoms with Crippen LogP contribution in [0.2, 0.25) is 5.04 Å². The van der Waals surface area contributed by atoms with E-state index in [1.807, 2.05) is 49.4 Å². The number of aliphatic hydroxyl groups is 1. The Balaban J connectivity index is 1.60. The van der Waals surface area contributed by atoms with Crippen molar-refractivity contribution in [2.45, 2.75) is 57.3 Å². The first-order valence-electron chi connectivity index (χ1n) is 14.4. The second kappa shape index (κ2) is 14.6. The number of hydrogen-bond donors (Lipinski definition) is 1. The number of hydrogen-bond acceptors (Lipinski definition) is 8. The average Bonchev–Trinajstić information content (AvgIpc) is 3.02. The zero-order chi connectivity index (χ0) is 31.7. The van der Waals surface area contributed by atoms with Crippen molar-refractivity contribution in [2.75, 3.05) is 13.2 Å². The van der Waals surface area contributed by atoms with Crippen LogP contribution in [0.15, 0.2) is 97.1 Å². The maximum absolute atomic E-state index is 12.4. The van der Waals surface area contributed by atoms with Gasteiger partial charge in [0.2, 0.25) is 0 Å². The number of benzene rings is 3. The minimum absolute atomic E-state index is 0.133. The third-order valence-corrected chi connectivity index (χ3v) is 12.3. The smallest absolute Gasteiger partial charge is 0.339 e. The quantitative estimate of drug-likeness (QED) is 0.0892. The van der Waals surface area contributed by atoms with Crippen LogP contribution in [0.5, 0.6) is 0 Å². The molecule has 3 aromatic carbocycles. The number of ether oxygens (including phenoxy) is 3. The predicted molar refractivity (Wildman–Crippen MR) is 169 cm³/mol. The molecule has 0 fully saturated rings. The van der Waals surface area contributed by atoms with Crippen LogP contribution in [0.3, 0.4) is 0 Å². The minimum atomic E-state index is -3.01. The van der Waals surface area contributed by atoms with E-state index in [0.717, 1.165) is 10.4 Å².